The van der Waals surface area contributed by atoms with Gasteiger partial charge in [-0.3, -0.25) is 0 Å². The van der Waals surface area contributed by atoms with Gasteiger partial charge in [0, 0.05) is 10.0 Å². The van der Waals surface area contributed by atoms with Crippen LogP contribution in [0, 0.1) is 0 Å². The highest BCUT2D eigenvalue weighted by molar-refractivity contribution is 9.10. The van der Waals surface area contributed by atoms with E-state index in [1.165, 1.54) is 0 Å². The average Bonchev–Trinajstić information content (AvgIpc) is 2.23. The maximum atomic E-state index is 5.79. The predicted molar refractivity (Wildman–Crippen MR) is 69.2 cm³/mol. The first-order chi connectivity index (χ1) is 7.60. The van der Waals surface area contributed by atoms with E-state index in [-0.39, 0.29) is 6.10 Å². The number of methoxy groups -OCH3 is 1. The quantitative estimate of drug-likeness (QED) is 0.906. The normalized spacial score (nSPS) is 10.6. The van der Waals surface area contributed by atoms with Crippen LogP contribution in [0.1, 0.15) is 19.4 Å². The zero-order valence-corrected chi connectivity index (χ0v) is 11.5. The monoisotopic (exact) mass is 287 g/mol. The zero-order valence-electron chi connectivity index (χ0n) is 9.92. The molecule has 0 saturated heterocycles. The summed E-state index contributed by atoms with van der Waals surface area (Å²) in [6, 6.07) is 3.85. The van der Waals surface area contributed by atoms with Crippen LogP contribution in [0.2, 0.25) is 0 Å². The molecule has 0 bridgehead atoms. The van der Waals surface area contributed by atoms with Crippen molar-refractivity contribution < 1.29 is 9.47 Å². The van der Waals surface area contributed by atoms with Crippen molar-refractivity contribution in [3.63, 3.8) is 0 Å². The van der Waals surface area contributed by atoms with Gasteiger partial charge in [0.05, 0.1) is 13.2 Å². The Hall–Kier alpha value is -0.740. The lowest BCUT2D eigenvalue weighted by Gasteiger charge is -2.18. The largest absolute Gasteiger partial charge is 0.493 e. The van der Waals surface area contributed by atoms with Crippen LogP contribution in [0.25, 0.3) is 0 Å². The second-order valence-corrected chi connectivity index (χ2v) is 4.62. The molecule has 0 unspecified atom stereocenters. The Morgan fingerprint density at radius 2 is 2.06 bits per heavy atom. The molecule has 0 radical (unpaired) electrons. The summed E-state index contributed by atoms with van der Waals surface area (Å²) in [5, 5.41) is 0. The second kappa shape index (κ2) is 6.11. The minimum absolute atomic E-state index is 0.111. The van der Waals surface area contributed by atoms with Crippen molar-refractivity contribution in [2.24, 2.45) is 5.73 Å². The number of benzene rings is 1. The van der Waals surface area contributed by atoms with Crippen molar-refractivity contribution in [2.75, 3.05) is 13.7 Å². The molecule has 16 heavy (non-hydrogen) atoms. The number of hydrogen-bond donors (Lipinski definition) is 1. The van der Waals surface area contributed by atoms with Gasteiger partial charge >= 0.3 is 0 Å². The Morgan fingerprint density at radius 3 is 2.56 bits per heavy atom. The number of nitrogens with two attached hydrogens (primary N) is 1. The summed E-state index contributed by atoms with van der Waals surface area (Å²) in [7, 11) is 1.64. The fraction of sp³-hybridized carbons (Fsp3) is 0.500. The molecule has 3 nitrogen and oxygen atoms in total. The van der Waals surface area contributed by atoms with Crippen LogP contribution in [-0.2, 0) is 6.42 Å². The van der Waals surface area contributed by atoms with Gasteiger partial charge in [0.25, 0.3) is 0 Å². The lowest BCUT2D eigenvalue weighted by molar-refractivity contribution is 0.227. The third kappa shape index (κ3) is 3.12. The van der Waals surface area contributed by atoms with Crippen molar-refractivity contribution >= 4 is 15.9 Å². The van der Waals surface area contributed by atoms with Gasteiger partial charge in [0.15, 0.2) is 11.5 Å². The standard InChI is InChI=1S/C12H18BrNO2/c1-8(2)16-12-9(6-7-14)10(13)4-5-11(12)15-3/h4-5,8H,6-7,14H2,1-3H3. The highest BCUT2D eigenvalue weighted by Crippen LogP contribution is 2.37. The van der Waals surface area contributed by atoms with Gasteiger partial charge in [0.2, 0.25) is 0 Å². The van der Waals surface area contributed by atoms with Gasteiger partial charge in [-0.15, -0.1) is 0 Å². The maximum absolute atomic E-state index is 5.79. The molecule has 0 spiro atoms. The highest BCUT2D eigenvalue weighted by atomic mass is 79.9. The molecule has 1 rings (SSSR count). The van der Waals surface area contributed by atoms with E-state index in [1.54, 1.807) is 7.11 Å². The van der Waals surface area contributed by atoms with Gasteiger partial charge in [-0.2, -0.15) is 0 Å². The molecule has 0 fully saturated rings. The molecular formula is C12H18BrNO2. The molecule has 1 aromatic carbocycles. The lowest BCUT2D eigenvalue weighted by Crippen LogP contribution is -2.11. The summed E-state index contributed by atoms with van der Waals surface area (Å²) in [6.45, 7) is 4.57. The van der Waals surface area contributed by atoms with E-state index in [0.29, 0.717) is 6.54 Å². The van der Waals surface area contributed by atoms with Crippen LogP contribution in [-0.4, -0.2) is 19.8 Å². The first-order valence-corrected chi connectivity index (χ1v) is 6.11. The van der Waals surface area contributed by atoms with Gasteiger partial charge in [-0.1, -0.05) is 15.9 Å². The Bertz CT molecular complexity index is 353. The Balaban J connectivity index is 3.18. The van der Waals surface area contributed by atoms with Crippen LogP contribution >= 0.6 is 15.9 Å². The summed E-state index contributed by atoms with van der Waals surface area (Å²) >= 11 is 3.51. The average molecular weight is 288 g/mol. The van der Waals surface area contributed by atoms with E-state index >= 15 is 0 Å². The van der Waals surface area contributed by atoms with Crippen LogP contribution in [0.4, 0.5) is 0 Å². The third-order valence-corrected chi connectivity index (χ3v) is 2.88. The number of ether oxygens (including phenoxy) is 2. The molecule has 1 aromatic rings. The molecule has 0 aliphatic rings. The third-order valence-electron chi connectivity index (χ3n) is 2.14. The molecule has 0 saturated carbocycles. The SMILES string of the molecule is COc1ccc(Br)c(CCN)c1OC(C)C. The molecule has 0 amide bonds. The molecule has 0 aliphatic carbocycles. The molecule has 0 aliphatic heterocycles. The molecule has 0 atom stereocenters. The number of hydrogen-bond acceptors (Lipinski definition) is 3. The van der Waals surface area contributed by atoms with E-state index in [2.05, 4.69) is 15.9 Å². The summed E-state index contributed by atoms with van der Waals surface area (Å²) in [5.74, 6) is 1.54. The zero-order chi connectivity index (χ0) is 12.1. The first-order valence-electron chi connectivity index (χ1n) is 5.32. The molecule has 0 aromatic heterocycles. The van der Waals surface area contributed by atoms with E-state index in [9.17, 15) is 0 Å². The van der Waals surface area contributed by atoms with Gasteiger partial charge < -0.3 is 15.2 Å². The van der Waals surface area contributed by atoms with Crippen molar-refractivity contribution in [1.29, 1.82) is 0 Å². The molecule has 0 heterocycles. The minimum atomic E-state index is 0.111. The molecule has 2 N–H and O–H groups in total. The van der Waals surface area contributed by atoms with Crippen LogP contribution in [0.15, 0.2) is 16.6 Å². The van der Waals surface area contributed by atoms with Gasteiger partial charge in [-0.25, -0.2) is 0 Å². The van der Waals surface area contributed by atoms with Crippen LogP contribution in [0.3, 0.4) is 0 Å². The molecule has 4 heteroatoms. The summed E-state index contributed by atoms with van der Waals surface area (Å²) in [4.78, 5) is 0. The van der Waals surface area contributed by atoms with Crippen LogP contribution < -0.4 is 15.2 Å². The molecular weight excluding hydrogens is 270 g/mol. The number of halogens is 1. The minimum Gasteiger partial charge on any atom is -0.493 e. The summed E-state index contributed by atoms with van der Waals surface area (Å²) in [6.07, 6.45) is 0.875. The summed E-state index contributed by atoms with van der Waals surface area (Å²) < 4.78 is 12.1. The Kier molecular flexibility index (Phi) is 5.09. The van der Waals surface area contributed by atoms with Crippen molar-refractivity contribution in [3.05, 3.63) is 22.2 Å². The smallest absolute Gasteiger partial charge is 0.165 e. The maximum Gasteiger partial charge on any atom is 0.165 e. The Labute approximate surface area is 105 Å². The van der Waals surface area contributed by atoms with E-state index < -0.39 is 0 Å². The first kappa shape index (κ1) is 13.3. The topological polar surface area (TPSA) is 44.5 Å². The van der Waals surface area contributed by atoms with Crippen molar-refractivity contribution in [3.8, 4) is 11.5 Å². The fourth-order valence-corrected chi connectivity index (χ4v) is 2.00. The second-order valence-electron chi connectivity index (χ2n) is 3.76. The van der Waals surface area contributed by atoms with E-state index in [0.717, 1.165) is 28.0 Å². The van der Waals surface area contributed by atoms with Crippen molar-refractivity contribution in [2.45, 2.75) is 26.4 Å². The highest BCUT2D eigenvalue weighted by Gasteiger charge is 2.14. The fourth-order valence-electron chi connectivity index (χ4n) is 1.49. The number of rotatable bonds is 5. The van der Waals surface area contributed by atoms with Crippen molar-refractivity contribution in [1.82, 2.24) is 0 Å². The van der Waals surface area contributed by atoms with E-state index in [1.807, 2.05) is 26.0 Å². The summed E-state index contributed by atoms with van der Waals surface area (Å²) in [5.41, 5.74) is 6.67. The lowest BCUT2D eigenvalue weighted by atomic mass is 10.1. The van der Waals surface area contributed by atoms with E-state index in [4.69, 9.17) is 15.2 Å². The van der Waals surface area contributed by atoms with Crippen LogP contribution in [0.5, 0.6) is 11.5 Å². The van der Waals surface area contributed by atoms with Gasteiger partial charge in [-0.05, 0) is 38.9 Å². The Morgan fingerprint density at radius 1 is 1.38 bits per heavy atom. The van der Waals surface area contributed by atoms with Gasteiger partial charge in [0.1, 0.15) is 0 Å². The molecule has 90 valence electrons. The predicted octanol–water partition coefficient (Wildman–Crippen LogP) is 2.75.